The Labute approximate surface area is 153 Å². The number of rotatable bonds is 6. The Balaban J connectivity index is 1.66. The molecule has 1 atom stereocenters. The van der Waals surface area contributed by atoms with Crippen LogP contribution in [-0.2, 0) is 11.3 Å². The van der Waals surface area contributed by atoms with Gasteiger partial charge >= 0.3 is 0 Å². The molecule has 136 valence electrons. The number of likely N-dealkylation sites (tertiary alicyclic amines) is 1. The van der Waals surface area contributed by atoms with Gasteiger partial charge in [0.25, 0.3) is 0 Å². The number of aryl methyl sites for hydroxylation is 1. The molecule has 0 unspecified atom stereocenters. The molecule has 1 aliphatic heterocycles. The molecule has 6 heteroatoms. The largest absolute Gasteiger partial charge is 0.440 e. The lowest BCUT2D eigenvalue weighted by atomic mass is 9.96. The lowest BCUT2D eigenvalue weighted by Gasteiger charge is -2.34. The summed E-state index contributed by atoms with van der Waals surface area (Å²) in [6.45, 7) is 10.2. The first kappa shape index (κ1) is 18.1. The third-order valence-electron chi connectivity index (χ3n) is 4.93. The summed E-state index contributed by atoms with van der Waals surface area (Å²) >= 11 is 1.64. The predicted octanol–water partition coefficient (Wildman–Crippen LogP) is 3.79. The molecule has 0 N–H and O–H groups in total. The Hall–Kier alpha value is -1.66. The van der Waals surface area contributed by atoms with Crippen molar-refractivity contribution in [3.63, 3.8) is 0 Å². The van der Waals surface area contributed by atoms with E-state index in [0.717, 1.165) is 61.9 Å². The van der Waals surface area contributed by atoms with Gasteiger partial charge in [-0.05, 0) is 51.6 Å². The van der Waals surface area contributed by atoms with E-state index in [2.05, 4.69) is 4.90 Å². The maximum Gasteiger partial charge on any atom is 0.236 e. The van der Waals surface area contributed by atoms with Crippen molar-refractivity contribution < 1.29 is 9.21 Å². The molecule has 25 heavy (non-hydrogen) atoms. The number of hydrogen-bond acceptors (Lipinski definition) is 5. The van der Waals surface area contributed by atoms with E-state index < -0.39 is 0 Å². The highest BCUT2D eigenvalue weighted by Crippen LogP contribution is 2.27. The van der Waals surface area contributed by atoms with E-state index in [-0.39, 0.29) is 5.92 Å². The molecule has 1 amide bonds. The average molecular weight is 362 g/mol. The molecule has 0 aromatic carbocycles. The van der Waals surface area contributed by atoms with Gasteiger partial charge in [-0.1, -0.05) is 6.07 Å². The highest BCUT2D eigenvalue weighted by Gasteiger charge is 2.29. The van der Waals surface area contributed by atoms with Gasteiger partial charge in [-0.15, -0.1) is 11.3 Å². The second-order valence-electron chi connectivity index (χ2n) is 6.58. The normalized spacial score (nSPS) is 18.4. The van der Waals surface area contributed by atoms with Gasteiger partial charge in [0.15, 0.2) is 0 Å². The van der Waals surface area contributed by atoms with Gasteiger partial charge in [0.1, 0.15) is 5.76 Å². The summed E-state index contributed by atoms with van der Waals surface area (Å²) in [5.41, 5.74) is 0.985. The van der Waals surface area contributed by atoms with Crippen LogP contribution in [0.2, 0.25) is 0 Å². The van der Waals surface area contributed by atoms with Crippen molar-refractivity contribution in [3.8, 4) is 10.8 Å². The van der Waals surface area contributed by atoms with Crippen LogP contribution >= 0.6 is 11.3 Å². The van der Waals surface area contributed by atoms with Crippen molar-refractivity contribution >= 4 is 17.2 Å². The highest BCUT2D eigenvalue weighted by atomic mass is 32.1. The van der Waals surface area contributed by atoms with Gasteiger partial charge in [-0.2, -0.15) is 0 Å². The Morgan fingerprint density at radius 3 is 2.92 bits per heavy atom. The van der Waals surface area contributed by atoms with E-state index in [9.17, 15) is 4.79 Å². The van der Waals surface area contributed by atoms with Crippen LogP contribution in [0.4, 0.5) is 0 Å². The monoisotopic (exact) mass is 361 g/mol. The second-order valence-corrected chi connectivity index (χ2v) is 7.53. The van der Waals surface area contributed by atoms with E-state index in [1.54, 1.807) is 11.3 Å². The molecule has 0 radical (unpaired) electrons. The summed E-state index contributed by atoms with van der Waals surface area (Å²) in [4.78, 5) is 22.7. The number of amides is 1. The summed E-state index contributed by atoms with van der Waals surface area (Å²) in [5, 5.41) is 2.03. The summed E-state index contributed by atoms with van der Waals surface area (Å²) < 4.78 is 5.85. The molecule has 2 aromatic heterocycles. The maximum atomic E-state index is 12.7. The summed E-state index contributed by atoms with van der Waals surface area (Å²) in [7, 11) is 0. The maximum absolute atomic E-state index is 12.7. The number of oxazole rings is 1. The van der Waals surface area contributed by atoms with Crippen LogP contribution < -0.4 is 0 Å². The molecule has 1 saturated heterocycles. The van der Waals surface area contributed by atoms with Crippen molar-refractivity contribution in [2.75, 3.05) is 26.2 Å². The van der Waals surface area contributed by atoms with Crippen LogP contribution in [0.25, 0.3) is 10.8 Å². The Kier molecular flexibility index (Phi) is 5.91. The zero-order valence-corrected chi connectivity index (χ0v) is 16.1. The molecule has 0 spiro atoms. The average Bonchev–Trinajstić information content (AvgIpc) is 3.27. The van der Waals surface area contributed by atoms with Gasteiger partial charge in [0, 0.05) is 26.2 Å². The summed E-state index contributed by atoms with van der Waals surface area (Å²) in [5.74, 6) is 1.99. The lowest BCUT2D eigenvalue weighted by molar-refractivity contribution is -0.137. The van der Waals surface area contributed by atoms with Crippen LogP contribution in [0.15, 0.2) is 21.9 Å². The first-order valence-electron chi connectivity index (χ1n) is 9.13. The third-order valence-corrected chi connectivity index (χ3v) is 5.79. The predicted molar refractivity (Wildman–Crippen MR) is 100 cm³/mol. The molecule has 3 rings (SSSR count). The minimum absolute atomic E-state index is 0.109. The third kappa shape index (κ3) is 4.12. The second kappa shape index (κ2) is 8.15. The number of nitrogens with zero attached hydrogens (tertiary/aromatic N) is 3. The number of carbonyl (C=O) groups excluding carboxylic acids is 1. The van der Waals surface area contributed by atoms with E-state index in [0.29, 0.717) is 11.8 Å². The van der Waals surface area contributed by atoms with Crippen LogP contribution in [0.5, 0.6) is 0 Å². The molecule has 1 fully saturated rings. The minimum Gasteiger partial charge on any atom is -0.440 e. The molecule has 1 aliphatic rings. The number of hydrogen-bond donors (Lipinski definition) is 0. The zero-order valence-electron chi connectivity index (χ0n) is 15.3. The van der Waals surface area contributed by atoms with Crippen LogP contribution in [0.1, 0.15) is 38.1 Å². The Bertz CT molecular complexity index is 692. The van der Waals surface area contributed by atoms with Crippen LogP contribution in [0.3, 0.4) is 0 Å². The SMILES string of the molecule is CCN(CC)C(=O)[C@@H]1CCCN(Cc2nc(-c3cccs3)oc2C)C1. The van der Waals surface area contributed by atoms with Gasteiger partial charge in [-0.25, -0.2) is 4.98 Å². The highest BCUT2D eigenvalue weighted by molar-refractivity contribution is 7.13. The van der Waals surface area contributed by atoms with Gasteiger partial charge in [0.05, 0.1) is 16.5 Å². The lowest BCUT2D eigenvalue weighted by Crippen LogP contribution is -2.44. The number of thiophene rings is 1. The van der Waals surface area contributed by atoms with Crippen molar-refractivity contribution in [2.24, 2.45) is 5.92 Å². The van der Waals surface area contributed by atoms with Crippen LogP contribution in [0, 0.1) is 12.8 Å². The van der Waals surface area contributed by atoms with Crippen molar-refractivity contribution in [2.45, 2.75) is 40.2 Å². The quantitative estimate of drug-likeness (QED) is 0.785. The zero-order chi connectivity index (χ0) is 17.8. The van der Waals surface area contributed by atoms with Crippen molar-refractivity contribution in [1.82, 2.24) is 14.8 Å². The summed E-state index contributed by atoms with van der Waals surface area (Å²) in [6, 6.07) is 4.03. The first-order valence-corrected chi connectivity index (χ1v) is 10.0. The molecule has 0 saturated carbocycles. The van der Waals surface area contributed by atoms with E-state index >= 15 is 0 Å². The van der Waals surface area contributed by atoms with Crippen molar-refractivity contribution in [3.05, 3.63) is 29.0 Å². The number of aromatic nitrogens is 1. The van der Waals surface area contributed by atoms with E-state index in [1.807, 2.05) is 43.2 Å². The Morgan fingerprint density at radius 2 is 2.24 bits per heavy atom. The van der Waals surface area contributed by atoms with E-state index in [4.69, 9.17) is 9.40 Å². The fourth-order valence-corrected chi connectivity index (χ4v) is 4.14. The van der Waals surface area contributed by atoms with Crippen molar-refractivity contribution in [1.29, 1.82) is 0 Å². The molecule has 2 aromatic rings. The standard InChI is InChI=1S/C19H27N3O2S/c1-4-22(5-2)19(23)15-8-6-10-21(12-15)13-16-14(3)24-18(20-16)17-9-7-11-25-17/h7,9,11,15H,4-6,8,10,12-13H2,1-3H3/t15-/m1/s1. The van der Waals surface area contributed by atoms with E-state index in [1.165, 1.54) is 0 Å². The Morgan fingerprint density at radius 1 is 1.44 bits per heavy atom. The van der Waals surface area contributed by atoms with Crippen LogP contribution in [-0.4, -0.2) is 46.9 Å². The molecular weight excluding hydrogens is 334 g/mol. The molecule has 5 nitrogen and oxygen atoms in total. The number of piperidine rings is 1. The smallest absolute Gasteiger partial charge is 0.236 e. The summed E-state index contributed by atoms with van der Waals surface area (Å²) in [6.07, 6.45) is 2.05. The molecule has 3 heterocycles. The van der Waals surface area contributed by atoms with Gasteiger partial charge in [-0.3, -0.25) is 9.69 Å². The fraction of sp³-hybridized carbons (Fsp3) is 0.579. The van der Waals surface area contributed by atoms with Gasteiger partial charge < -0.3 is 9.32 Å². The number of carbonyl (C=O) groups is 1. The fourth-order valence-electron chi connectivity index (χ4n) is 3.49. The topological polar surface area (TPSA) is 49.6 Å². The first-order chi connectivity index (χ1) is 12.1. The molecule has 0 aliphatic carbocycles. The van der Waals surface area contributed by atoms with Gasteiger partial charge in [0.2, 0.25) is 11.8 Å². The molecular formula is C19H27N3O2S. The molecule has 0 bridgehead atoms. The minimum atomic E-state index is 0.109.